The number of hydrogen-bond donors (Lipinski definition) is 2. The highest BCUT2D eigenvalue weighted by atomic mass is 35.5. The first kappa shape index (κ1) is 135. The first-order chi connectivity index (χ1) is 60.1. The average Bonchev–Trinajstić information content (AvgIpc) is 0.783. The lowest BCUT2D eigenvalue weighted by molar-refractivity contribution is -0.287. The summed E-state index contributed by atoms with van der Waals surface area (Å²) in [5.74, 6) is -6.50. The topological polar surface area (TPSA) is 88.1 Å². The van der Waals surface area contributed by atoms with Gasteiger partial charge < -0.3 is 15.8 Å². The van der Waals surface area contributed by atoms with E-state index in [9.17, 15) is 132 Å². The second-order valence-corrected chi connectivity index (χ2v) is 38.1. The van der Waals surface area contributed by atoms with Crippen LogP contribution in [0.25, 0.3) is 0 Å². The highest BCUT2D eigenvalue weighted by molar-refractivity contribution is 6.31. The molecule has 0 fully saturated rings. The third-order valence-corrected chi connectivity index (χ3v) is 18.8. The average molecular weight is 2010 g/mol. The summed E-state index contributed by atoms with van der Waals surface area (Å²) in [6, 6.07) is 24.2. The van der Waals surface area contributed by atoms with Crippen LogP contribution in [-0.4, -0.2) is 54.7 Å². The predicted octanol–water partition coefficient (Wildman–Crippen LogP) is 37.5. The van der Waals surface area contributed by atoms with Gasteiger partial charge in [0.05, 0.1) is 34.2 Å². The summed E-state index contributed by atoms with van der Waals surface area (Å²) < 4.78 is 360. The van der Waals surface area contributed by atoms with Gasteiger partial charge in [0.15, 0.2) is 5.92 Å². The number of hydrogen-bond acceptors (Lipinski definition) is 4. The number of alkyl carbamates (subject to hydrolysis) is 1. The first-order valence-corrected chi connectivity index (χ1v) is 43.9. The third-order valence-electron chi connectivity index (χ3n) is 18.3. The SMILES string of the molecule is CC(C)(C)c1ccccc1C#N.CC(C)CC(C(F)(F)F)C(F)(F)F.CC(C)CC(N)C(F)(F)F.CC(C)CC(NC(=O)OC(C)(C)C)C(F)(F)F.CC(C)C[C@@H](C)C(F)(F)F.CC(C)c1c(F)cccc1F.CC(C)c1cc(C(F)(F)F)ccc1Cl.CC(C)c1cc(C(F)(F)F)ccc1F.CC(C)c1cc(Cl)ccc1F.CC(C)c1cccc(C(F)(F)F)c1F.CCC(C)CC(C)C. The zero-order valence-corrected chi connectivity index (χ0v) is 82.9. The van der Waals surface area contributed by atoms with Crippen molar-refractivity contribution in [2.75, 3.05) is 0 Å². The number of alkyl halides is 24. The normalized spacial score (nSPS) is 13.0. The van der Waals surface area contributed by atoms with Gasteiger partial charge in [-0.3, -0.25) is 0 Å². The molecule has 4 atom stereocenters. The van der Waals surface area contributed by atoms with Gasteiger partial charge >= 0.3 is 55.5 Å². The molecular weight excluding hydrogens is 1870 g/mol. The fourth-order valence-electron chi connectivity index (χ4n) is 11.4. The van der Waals surface area contributed by atoms with Gasteiger partial charge in [-0.05, 0) is 230 Å². The Morgan fingerprint density at radius 3 is 1.06 bits per heavy atom. The lowest BCUT2D eigenvalue weighted by Gasteiger charge is -2.26. The smallest absolute Gasteiger partial charge is 0.419 e. The Balaban J connectivity index is -0.000000457. The summed E-state index contributed by atoms with van der Waals surface area (Å²) in [7, 11) is 0. The summed E-state index contributed by atoms with van der Waals surface area (Å²) in [4.78, 5) is 11.3. The van der Waals surface area contributed by atoms with Crippen LogP contribution in [0.2, 0.25) is 10.0 Å². The number of carbonyl (C=O) groups excluding carboxylic acids is 1. The second kappa shape index (κ2) is 60.4. The quantitative estimate of drug-likeness (QED) is 0.0891. The van der Waals surface area contributed by atoms with Crippen LogP contribution in [0.5, 0.6) is 0 Å². The molecule has 772 valence electrons. The number of nitrogens with two attached hydrogens (primary N) is 1. The van der Waals surface area contributed by atoms with E-state index in [0.717, 1.165) is 59.4 Å². The molecule has 36 heteroatoms. The zero-order valence-electron chi connectivity index (χ0n) is 81.4. The molecule has 134 heavy (non-hydrogen) atoms. The maximum Gasteiger partial charge on any atom is 0.419 e. The number of amides is 1. The lowest BCUT2D eigenvalue weighted by atomic mass is 9.84. The zero-order chi connectivity index (χ0) is 107. The summed E-state index contributed by atoms with van der Waals surface area (Å²) >= 11 is 11.5. The summed E-state index contributed by atoms with van der Waals surface area (Å²) in [5.41, 5.74) is 4.91. The molecule has 0 aliphatic rings. The summed E-state index contributed by atoms with van der Waals surface area (Å²) in [6.45, 7) is 52.1. The highest BCUT2D eigenvalue weighted by Gasteiger charge is 2.56. The Morgan fingerprint density at radius 1 is 0.396 bits per heavy atom. The summed E-state index contributed by atoms with van der Waals surface area (Å²) in [6.07, 6.45) is -35.6. The monoisotopic (exact) mass is 2010 g/mol. The number of ether oxygens (including phenoxy) is 1. The molecule has 0 heterocycles. The lowest BCUT2D eigenvalue weighted by Crippen LogP contribution is -2.47. The maximum atomic E-state index is 13.3. The highest BCUT2D eigenvalue weighted by Crippen LogP contribution is 2.44. The molecule has 3 unspecified atom stereocenters. The molecule has 0 aromatic heterocycles. The molecule has 0 bridgehead atoms. The molecule has 0 spiro atoms. The van der Waals surface area contributed by atoms with Crippen molar-refractivity contribution >= 4 is 29.3 Å². The number of nitrogens with zero attached hydrogens (tertiary/aromatic N) is 1. The van der Waals surface area contributed by atoms with E-state index in [-0.39, 0.29) is 94.5 Å². The van der Waals surface area contributed by atoms with Crippen LogP contribution in [0.1, 0.15) is 325 Å². The van der Waals surface area contributed by atoms with Gasteiger partial charge in [-0.25, -0.2) is 26.7 Å². The number of nitrogens with one attached hydrogen (secondary N) is 1. The number of carbonyl (C=O) groups is 1. The third kappa shape index (κ3) is 60.3. The standard InChI is InChI=1S/C11H20F3NO2.C11H13N.C10H10ClF3.2C10H10F4.C9H10ClF.C9H10F2.C8H18.C7H10F6.C7H13F3.C6H12F3N/c1-7(2)6-8(11(12,13)14)15-9(16)17-10(3,4)5;1-11(2,3)10-7-5-4-6-9(10)8-12;2*1-6(2)8-5-7(10(12,13)14)3-4-9(8)11;1-6(2)7-4-3-5-8(9(7)11)10(12,13)14;1-6(2)8-5-7(10)3-4-9(8)11;1-6(2)9-7(10)4-3-5-8(9)11;1-5-8(4)6-7(2)3;1-4(2)3-5(6(8,9)10)7(11,12)13;1-5(2)4-6(3)7(8,9)10;1-4(2)3-5(10)6(7,8)9/h7-8H,6H2,1-5H3,(H,15,16);4-7H,1-3H3;3*3-6H,1-2H3;2*3-6H,1-2H3;7-8H,5-6H2,1-4H3;4-5H,3H2,1-2H3;5-6H,4H2,1-3H3;4-5H,3,10H2,1-2H3/t;;;;;;;;;6-;/m.........1./s1. The molecule has 5 nitrogen and oxygen atoms in total. The van der Waals surface area contributed by atoms with Crippen LogP contribution < -0.4 is 11.1 Å². The van der Waals surface area contributed by atoms with Gasteiger partial charge in [0.25, 0.3) is 0 Å². The fraction of sp³-hybridized carbons (Fsp3) is 0.612. The van der Waals surface area contributed by atoms with E-state index in [2.05, 4.69) is 54.5 Å². The van der Waals surface area contributed by atoms with E-state index in [4.69, 9.17) is 38.9 Å². The maximum absolute atomic E-state index is 13.3. The van der Waals surface area contributed by atoms with E-state index in [1.165, 1.54) is 76.1 Å². The Kier molecular flexibility index (Phi) is 60.9. The van der Waals surface area contributed by atoms with Gasteiger partial charge in [-0.2, -0.15) is 111 Å². The largest absolute Gasteiger partial charge is 0.444 e. The van der Waals surface area contributed by atoms with E-state index >= 15 is 0 Å². The molecule has 0 aliphatic carbocycles. The van der Waals surface area contributed by atoms with Crippen LogP contribution in [0.3, 0.4) is 0 Å². The van der Waals surface area contributed by atoms with E-state index in [0.29, 0.717) is 21.2 Å². The molecule has 1 amide bonds. The van der Waals surface area contributed by atoms with Gasteiger partial charge in [0, 0.05) is 15.6 Å². The van der Waals surface area contributed by atoms with Gasteiger partial charge in [-0.15, -0.1) is 0 Å². The van der Waals surface area contributed by atoms with Crippen LogP contribution in [-0.2, 0) is 28.7 Å². The molecule has 6 aromatic rings. The van der Waals surface area contributed by atoms with Crippen molar-refractivity contribution in [1.29, 1.82) is 5.26 Å². The van der Waals surface area contributed by atoms with Gasteiger partial charge in [0.2, 0.25) is 0 Å². The van der Waals surface area contributed by atoms with Crippen molar-refractivity contribution < 1.29 is 137 Å². The predicted molar refractivity (Wildman–Crippen MR) is 478 cm³/mol. The van der Waals surface area contributed by atoms with Crippen molar-refractivity contribution in [3.8, 4) is 6.07 Å². The molecule has 6 aromatic carbocycles. The molecule has 0 aliphatic heterocycles. The van der Waals surface area contributed by atoms with Crippen LogP contribution in [0, 0.1) is 87.8 Å². The minimum Gasteiger partial charge on any atom is -0.444 e. The number of halogens is 31. The van der Waals surface area contributed by atoms with Crippen LogP contribution in [0.15, 0.2) is 115 Å². The fourth-order valence-corrected chi connectivity index (χ4v) is 11.9. The Hall–Kier alpha value is -7.41. The first-order valence-electron chi connectivity index (χ1n) is 43.1. The molecule has 0 saturated carbocycles. The Morgan fingerprint density at radius 2 is 0.776 bits per heavy atom. The number of nitriles is 1. The van der Waals surface area contributed by atoms with E-state index in [1.54, 1.807) is 130 Å². The number of rotatable bonds is 17. The van der Waals surface area contributed by atoms with Crippen molar-refractivity contribution in [1.82, 2.24) is 5.32 Å². The minimum absolute atomic E-state index is 0.00313. The molecule has 0 saturated heterocycles. The van der Waals surface area contributed by atoms with Crippen LogP contribution >= 0.6 is 23.2 Å². The van der Waals surface area contributed by atoms with Crippen LogP contribution in [0.4, 0.5) is 132 Å². The molecular formula is C98H136Cl2F29N3O2. The molecule has 0 radical (unpaired) electrons. The van der Waals surface area contributed by atoms with E-state index < -0.39 is 137 Å². The van der Waals surface area contributed by atoms with Crippen molar-refractivity contribution in [3.63, 3.8) is 0 Å². The molecule has 6 rings (SSSR count). The van der Waals surface area contributed by atoms with Gasteiger partial charge in [-0.1, -0.05) is 246 Å². The van der Waals surface area contributed by atoms with Crippen molar-refractivity contribution in [2.45, 2.75) is 341 Å². The molecule has 3 N–H and O–H groups in total. The number of benzene rings is 6. The Labute approximate surface area is 783 Å². The van der Waals surface area contributed by atoms with Crippen molar-refractivity contribution in [3.05, 3.63) is 210 Å². The minimum atomic E-state index is -5.19. The van der Waals surface area contributed by atoms with Crippen molar-refractivity contribution in [2.24, 2.45) is 53.1 Å². The van der Waals surface area contributed by atoms with E-state index in [1.807, 2.05) is 43.4 Å². The Bertz CT molecular complexity index is 4150. The summed E-state index contributed by atoms with van der Waals surface area (Å²) in [5, 5.41) is 11.7. The second-order valence-electron chi connectivity index (χ2n) is 37.3. The van der Waals surface area contributed by atoms with Gasteiger partial charge in [0.1, 0.15) is 46.8 Å².